The summed E-state index contributed by atoms with van der Waals surface area (Å²) in [5.41, 5.74) is 1.13. The first kappa shape index (κ1) is 18.7. The third-order valence-corrected chi connectivity index (χ3v) is 4.46. The van der Waals surface area contributed by atoms with Crippen molar-refractivity contribution in [2.45, 2.75) is 25.4 Å². The Hall–Kier alpha value is -3.09. The second-order valence-corrected chi connectivity index (χ2v) is 6.19. The van der Waals surface area contributed by atoms with E-state index in [1.807, 2.05) is 0 Å². The second-order valence-electron chi connectivity index (χ2n) is 6.19. The molecular weight excluding hydrogens is 359 g/mol. The smallest absolute Gasteiger partial charge is 0.416 e. The highest BCUT2D eigenvalue weighted by Crippen LogP contribution is 2.36. The number of allylic oxidation sites excluding steroid dienone is 1. The van der Waals surface area contributed by atoms with Crippen LogP contribution in [0.4, 0.5) is 18.9 Å². The highest BCUT2D eigenvalue weighted by atomic mass is 19.4. The number of carbonyl (C=O) groups is 2. The molecule has 4 nitrogen and oxygen atoms in total. The monoisotopic (exact) mass is 375 g/mol. The predicted octanol–water partition coefficient (Wildman–Crippen LogP) is 4.98. The van der Waals surface area contributed by atoms with Crippen LogP contribution in [0.5, 0.6) is 0 Å². The second kappa shape index (κ2) is 7.26. The number of anilines is 1. The summed E-state index contributed by atoms with van der Waals surface area (Å²) in [6.45, 7) is 0. The summed E-state index contributed by atoms with van der Waals surface area (Å²) in [7, 11) is 0. The zero-order valence-electron chi connectivity index (χ0n) is 14.1. The first-order valence-electron chi connectivity index (χ1n) is 8.30. The largest absolute Gasteiger partial charge is 0.478 e. The van der Waals surface area contributed by atoms with Gasteiger partial charge in [0, 0.05) is 5.57 Å². The summed E-state index contributed by atoms with van der Waals surface area (Å²) in [6.07, 6.45) is -2.64. The number of carboxylic acids is 1. The summed E-state index contributed by atoms with van der Waals surface area (Å²) in [6, 6.07) is 10.8. The van der Waals surface area contributed by atoms with Crippen molar-refractivity contribution in [2.24, 2.45) is 0 Å². The fourth-order valence-corrected chi connectivity index (χ4v) is 3.15. The minimum atomic E-state index is -4.41. The highest BCUT2D eigenvalue weighted by molar-refractivity contribution is 6.11. The van der Waals surface area contributed by atoms with Gasteiger partial charge in [0.1, 0.15) is 0 Å². The van der Waals surface area contributed by atoms with Gasteiger partial charge in [-0.05, 0) is 54.7 Å². The Bertz CT molecular complexity index is 915. The van der Waals surface area contributed by atoms with Crippen LogP contribution < -0.4 is 5.32 Å². The average molecular weight is 375 g/mol. The number of carbonyl (C=O) groups excluding carboxylic acids is 1. The molecule has 7 heteroatoms. The van der Waals surface area contributed by atoms with Crippen molar-refractivity contribution in [3.05, 3.63) is 70.8 Å². The van der Waals surface area contributed by atoms with Gasteiger partial charge in [-0.25, -0.2) is 4.79 Å². The lowest BCUT2D eigenvalue weighted by atomic mass is 10.00. The van der Waals surface area contributed by atoms with Gasteiger partial charge in [-0.2, -0.15) is 13.2 Å². The molecule has 0 fully saturated rings. The first-order valence-corrected chi connectivity index (χ1v) is 8.30. The van der Waals surface area contributed by atoms with Crippen LogP contribution in [0.25, 0.3) is 5.57 Å². The van der Waals surface area contributed by atoms with E-state index in [0.29, 0.717) is 36.0 Å². The van der Waals surface area contributed by atoms with Crippen molar-refractivity contribution in [1.29, 1.82) is 0 Å². The van der Waals surface area contributed by atoms with Gasteiger partial charge in [0.05, 0.1) is 16.8 Å². The topological polar surface area (TPSA) is 66.4 Å². The zero-order chi connectivity index (χ0) is 19.6. The van der Waals surface area contributed by atoms with E-state index in [1.165, 1.54) is 24.3 Å². The molecule has 2 N–H and O–H groups in total. The maximum Gasteiger partial charge on any atom is 0.416 e. The molecule has 1 aliphatic rings. The van der Waals surface area contributed by atoms with Gasteiger partial charge < -0.3 is 10.4 Å². The Kier molecular flexibility index (Phi) is 5.03. The van der Waals surface area contributed by atoms with E-state index < -0.39 is 23.6 Å². The summed E-state index contributed by atoms with van der Waals surface area (Å²) in [5.74, 6) is -1.59. The van der Waals surface area contributed by atoms with Gasteiger partial charge in [-0.1, -0.05) is 24.3 Å². The molecule has 0 atom stereocenters. The number of hydrogen-bond acceptors (Lipinski definition) is 2. The number of para-hydroxylation sites is 1. The van der Waals surface area contributed by atoms with Crippen LogP contribution in [0.1, 0.15) is 40.7 Å². The zero-order valence-corrected chi connectivity index (χ0v) is 14.1. The Balaban J connectivity index is 1.88. The van der Waals surface area contributed by atoms with Crippen molar-refractivity contribution >= 4 is 23.1 Å². The SMILES string of the molecule is O=C(Nc1ccccc1C(=O)O)C1=C(c2ccc(C(F)(F)F)cc2)CCC1. The van der Waals surface area contributed by atoms with Crippen LogP contribution >= 0.6 is 0 Å². The number of hydrogen-bond donors (Lipinski definition) is 2. The van der Waals surface area contributed by atoms with Crippen molar-refractivity contribution in [1.82, 2.24) is 0 Å². The predicted molar refractivity (Wildman–Crippen MR) is 94.2 cm³/mol. The number of amides is 1. The van der Waals surface area contributed by atoms with Crippen LogP contribution in [0.15, 0.2) is 54.1 Å². The van der Waals surface area contributed by atoms with Crippen LogP contribution in [0.2, 0.25) is 0 Å². The lowest BCUT2D eigenvalue weighted by Gasteiger charge is -2.12. The van der Waals surface area contributed by atoms with E-state index in [2.05, 4.69) is 5.32 Å². The molecule has 2 aromatic carbocycles. The molecule has 27 heavy (non-hydrogen) atoms. The van der Waals surface area contributed by atoms with E-state index in [4.69, 9.17) is 0 Å². The van der Waals surface area contributed by atoms with E-state index >= 15 is 0 Å². The third kappa shape index (κ3) is 4.02. The number of rotatable bonds is 4. The molecule has 140 valence electrons. The van der Waals surface area contributed by atoms with Crippen LogP contribution in [-0.4, -0.2) is 17.0 Å². The van der Waals surface area contributed by atoms with E-state index in [0.717, 1.165) is 12.1 Å². The molecule has 0 bridgehead atoms. The minimum absolute atomic E-state index is 0.0273. The summed E-state index contributed by atoms with van der Waals surface area (Å²) in [4.78, 5) is 23.9. The molecule has 1 aliphatic carbocycles. The van der Waals surface area contributed by atoms with E-state index in [-0.39, 0.29) is 11.3 Å². The fourth-order valence-electron chi connectivity index (χ4n) is 3.15. The highest BCUT2D eigenvalue weighted by Gasteiger charge is 2.30. The van der Waals surface area contributed by atoms with Gasteiger partial charge in [0.2, 0.25) is 0 Å². The molecule has 0 heterocycles. The van der Waals surface area contributed by atoms with Gasteiger partial charge >= 0.3 is 12.1 Å². The Labute approximate surface area is 153 Å². The summed E-state index contributed by atoms with van der Waals surface area (Å²) >= 11 is 0. The number of alkyl halides is 3. The normalized spacial score (nSPS) is 14.3. The number of carboxylic acid groups (broad SMARTS) is 1. The van der Waals surface area contributed by atoms with Gasteiger partial charge in [-0.15, -0.1) is 0 Å². The maximum absolute atomic E-state index is 12.7. The standard InChI is InChI=1S/C20H16F3NO3/c21-20(22,23)13-10-8-12(9-11-13)14-5-3-6-15(14)18(25)24-17-7-2-1-4-16(17)19(26)27/h1-2,4,7-11H,3,5-6H2,(H,24,25)(H,26,27). The Morgan fingerprint density at radius 1 is 0.963 bits per heavy atom. The van der Waals surface area contributed by atoms with Gasteiger partial charge in [0.15, 0.2) is 0 Å². The summed E-state index contributed by atoms with van der Waals surface area (Å²) < 4.78 is 38.2. The molecule has 0 aromatic heterocycles. The average Bonchev–Trinajstić information content (AvgIpc) is 3.11. The van der Waals surface area contributed by atoms with E-state index in [9.17, 15) is 27.9 Å². The molecule has 0 saturated heterocycles. The van der Waals surface area contributed by atoms with Crippen molar-refractivity contribution in [3.8, 4) is 0 Å². The van der Waals surface area contributed by atoms with Crippen molar-refractivity contribution in [3.63, 3.8) is 0 Å². The third-order valence-electron chi connectivity index (χ3n) is 4.46. The number of benzene rings is 2. The molecule has 2 aromatic rings. The Morgan fingerprint density at radius 2 is 1.63 bits per heavy atom. The molecule has 0 unspecified atom stereocenters. The maximum atomic E-state index is 12.7. The first-order chi connectivity index (χ1) is 12.8. The minimum Gasteiger partial charge on any atom is -0.478 e. The van der Waals surface area contributed by atoms with Crippen LogP contribution in [0.3, 0.4) is 0 Å². The van der Waals surface area contributed by atoms with Crippen molar-refractivity contribution in [2.75, 3.05) is 5.32 Å². The number of nitrogens with one attached hydrogen (secondary N) is 1. The molecule has 0 spiro atoms. The lowest BCUT2D eigenvalue weighted by Crippen LogP contribution is -2.16. The van der Waals surface area contributed by atoms with E-state index in [1.54, 1.807) is 12.1 Å². The summed E-state index contributed by atoms with van der Waals surface area (Å²) in [5, 5.41) is 11.8. The van der Waals surface area contributed by atoms with Crippen LogP contribution in [0, 0.1) is 0 Å². The number of aromatic carboxylic acids is 1. The molecular formula is C20H16F3NO3. The fraction of sp³-hybridized carbons (Fsp3) is 0.200. The molecule has 3 rings (SSSR count). The quantitative estimate of drug-likeness (QED) is 0.792. The lowest BCUT2D eigenvalue weighted by molar-refractivity contribution is -0.137. The van der Waals surface area contributed by atoms with Crippen molar-refractivity contribution < 1.29 is 27.9 Å². The molecule has 0 radical (unpaired) electrons. The van der Waals surface area contributed by atoms with Gasteiger partial charge in [-0.3, -0.25) is 4.79 Å². The molecule has 1 amide bonds. The molecule has 0 aliphatic heterocycles. The molecule has 0 saturated carbocycles. The van der Waals surface area contributed by atoms with Crippen LogP contribution in [-0.2, 0) is 11.0 Å². The van der Waals surface area contributed by atoms with Gasteiger partial charge in [0.25, 0.3) is 5.91 Å². The Morgan fingerprint density at radius 3 is 2.26 bits per heavy atom. The number of halogens is 3.